The summed E-state index contributed by atoms with van der Waals surface area (Å²) in [5, 5.41) is 11.7. The van der Waals surface area contributed by atoms with Crippen molar-refractivity contribution in [1.29, 1.82) is 0 Å². The van der Waals surface area contributed by atoms with Gasteiger partial charge in [0.05, 0.1) is 0 Å². The number of nitrogens with zero attached hydrogens (tertiary/aromatic N) is 1. The van der Waals surface area contributed by atoms with Gasteiger partial charge in [0.1, 0.15) is 0 Å². The van der Waals surface area contributed by atoms with Crippen LogP contribution in [-0.2, 0) is 4.79 Å². The first-order valence-corrected chi connectivity index (χ1v) is 11.1. The molecule has 0 saturated carbocycles. The van der Waals surface area contributed by atoms with Gasteiger partial charge in [-0.1, -0.05) is 0 Å². The molecule has 5 heteroatoms. The molecule has 1 saturated heterocycles. The third-order valence-corrected chi connectivity index (χ3v) is 8.18. The number of carbonyl (C=O) groups excluding carboxylic acids is 1. The summed E-state index contributed by atoms with van der Waals surface area (Å²) in [6.07, 6.45) is 2.54. The number of hydrogen-bond donors (Lipinski definition) is 1. The van der Waals surface area contributed by atoms with Gasteiger partial charge in [-0.25, -0.2) is 0 Å². The minimum atomic E-state index is -0.239. The van der Waals surface area contributed by atoms with E-state index in [1.807, 2.05) is 42.1 Å². The van der Waals surface area contributed by atoms with Crippen LogP contribution in [0.2, 0.25) is 4.82 Å². The van der Waals surface area contributed by atoms with E-state index in [1.165, 1.54) is 10.0 Å². The minimum absolute atomic E-state index is 0.119. The van der Waals surface area contributed by atoms with Crippen LogP contribution in [0.3, 0.4) is 0 Å². The Morgan fingerprint density at radius 3 is 2.54 bits per heavy atom. The quantitative estimate of drug-likeness (QED) is 0.610. The Hall–Kier alpha value is -1.26. The SMILES string of the molecule is CS[C@@H](C)c1ccccc1[Se]C1CC(=O)N(O)C1c1ccccc1. The molecule has 0 spiro atoms. The van der Waals surface area contributed by atoms with Crippen molar-refractivity contribution in [2.75, 3.05) is 6.26 Å². The van der Waals surface area contributed by atoms with E-state index >= 15 is 0 Å². The first-order chi connectivity index (χ1) is 11.6. The van der Waals surface area contributed by atoms with E-state index in [0.717, 1.165) is 10.6 Å². The Morgan fingerprint density at radius 1 is 1.17 bits per heavy atom. The Kier molecular flexibility index (Phi) is 5.67. The number of hydroxylamine groups is 2. The van der Waals surface area contributed by atoms with Crippen molar-refractivity contribution in [3.8, 4) is 0 Å². The monoisotopic (exact) mass is 407 g/mol. The van der Waals surface area contributed by atoms with E-state index in [9.17, 15) is 10.0 Å². The molecule has 0 radical (unpaired) electrons. The zero-order valence-electron chi connectivity index (χ0n) is 13.8. The number of benzene rings is 2. The molecule has 2 aromatic carbocycles. The Bertz CT molecular complexity index is 710. The van der Waals surface area contributed by atoms with Crippen molar-refractivity contribution in [2.24, 2.45) is 0 Å². The van der Waals surface area contributed by atoms with Gasteiger partial charge in [-0.15, -0.1) is 0 Å². The molecule has 126 valence electrons. The Balaban J connectivity index is 1.90. The molecular formula is C19H21NO2SSe. The zero-order valence-corrected chi connectivity index (χ0v) is 16.3. The van der Waals surface area contributed by atoms with Crippen molar-refractivity contribution in [1.82, 2.24) is 5.06 Å². The average Bonchev–Trinajstić information content (AvgIpc) is 2.89. The third-order valence-electron chi connectivity index (χ3n) is 4.38. The summed E-state index contributed by atoms with van der Waals surface area (Å²) < 4.78 is 1.33. The zero-order chi connectivity index (χ0) is 17.1. The van der Waals surface area contributed by atoms with Crippen LogP contribution in [0.15, 0.2) is 54.6 Å². The topological polar surface area (TPSA) is 40.5 Å². The van der Waals surface area contributed by atoms with Crippen molar-refractivity contribution in [2.45, 2.75) is 29.5 Å². The van der Waals surface area contributed by atoms with Crippen molar-refractivity contribution < 1.29 is 10.0 Å². The molecule has 3 rings (SSSR count). The van der Waals surface area contributed by atoms with E-state index in [0.29, 0.717) is 11.7 Å². The van der Waals surface area contributed by atoms with E-state index < -0.39 is 0 Å². The summed E-state index contributed by atoms with van der Waals surface area (Å²) in [4.78, 5) is 12.3. The van der Waals surface area contributed by atoms with Crippen LogP contribution < -0.4 is 4.46 Å². The summed E-state index contributed by atoms with van der Waals surface area (Å²) in [5.41, 5.74) is 2.36. The van der Waals surface area contributed by atoms with Gasteiger partial charge in [0.25, 0.3) is 0 Å². The van der Waals surface area contributed by atoms with Crippen LogP contribution in [0, 0.1) is 0 Å². The first kappa shape index (κ1) is 17.6. The van der Waals surface area contributed by atoms with Crippen LogP contribution in [0.5, 0.6) is 0 Å². The molecule has 1 aliphatic rings. The molecule has 0 aliphatic carbocycles. The van der Waals surface area contributed by atoms with E-state index in [4.69, 9.17) is 0 Å². The van der Waals surface area contributed by atoms with Crippen LogP contribution >= 0.6 is 11.8 Å². The summed E-state index contributed by atoms with van der Waals surface area (Å²) in [6, 6.07) is 18.1. The predicted octanol–water partition coefficient (Wildman–Crippen LogP) is 3.59. The molecule has 1 fully saturated rings. The van der Waals surface area contributed by atoms with Crippen LogP contribution in [-0.4, -0.2) is 37.4 Å². The summed E-state index contributed by atoms with van der Waals surface area (Å²) >= 11 is 1.95. The fourth-order valence-electron chi connectivity index (χ4n) is 3.02. The van der Waals surface area contributed by atoms with Crippen LogP contribution in [0.4, 0.5) is 0 Å². The van der Waals surface area contributed by atoms with Gasteiger partial charge in [-0.3, -0.25) is 0 Å². The van der Waals surface area contributed by atoms with Crippen molar-refractivity contribution in [3.05, 3.63) is 65.7 Å². The molecule has 1 N–H and O–H groups in total. The first-order valence-electron chi connectivity index (χ1n) is 7.96. The van der Waals surface area contributed by atoms with Crippen LogP contribution in [0.1, 0.15) is 35.8 Å². The van der Waals surface area contributed by atoms with Gasteiger partial charge < -0.3 is 0 Å². The maximum absolute atomic E-state index is 12.1. The number of carbonyl (C=O) groups is 1. The molecule has 1 amide bonds. The standard InChI is InChI=1S/C19H21NO2SSe/c1-13(23-2)15-10-6-7-11-16(15)24-17-12-18(21)20(22)19(17)14-8-4-3-5-9-14/h3-11,13,17,19,22H,12H2,1-2H3/t13-,17?,19?/m0/s1. The molecule has 3 nitrogen and oxygen atoms in total. The van der Waals surface area contributed by atoms with Crippen molar-refractivity contribution >= 4 is 37.1 Å². The van der Waals surface area contributed by atoms with E-state index in [-0.39, 0.29) is 31.7 Å². The maximum atomic E-state index is 12.1. The average molecular weight is 406 g/mol. The predicted molar refractivity (Wildman–Crippen MR) is 99.9 cm³/mol. The summed E-state index contributed by atoms with van der Waals surface area (Å²) in [7, 11) is 0. The molecule has 2 aromatic rings. The van der Waals surface area contributed by atoms with Crippen LogP contribution in [0.25, 0.3) is 0 Å². The van der Waals surface area contributed by atoms with Gasteiger partial charge in [-0.05, 0) is 0 Å². The number of amides is 1. The second-order valence-corrected chi connectivity index (χ2v) is 9.74. The molecule has 1 heterocycles. The van der Waals surface area contributed by atoms with Gasteiger partial charge in [0.15, 0.2) is 0 Å². The molecule has 3 atom stereocenters. The normalized spacial score (nSPS) is 22.0. The third kappa shape index (κ3) is 3.55. The molecular weight excluding hydrogens is 385 g/mol. The summed E-state index contributed by atoms with van der Waals surface area (Å²) in [6.45, 7) is 2.21. The van der Waals surface area contributed by atoms with E-state index in [1.54, 1.807) is 0 Å². The number of hydrogen-bond acceptors (Lipinski definition) is 3. The molecule has 0 bridgehead atoms. The van der Waals surface area contributed by atoms with Gasteiger partial charge in [0.2, 0.25) is 0 Å². The molecule has 0 aromatic heterocycles. The Labute approximate surface area is 153 Å². The van der Waals surface area contributed by atoms with Gasteiger partial charge in [0, 0.05) is 0 Å². The van der Waals surface area contributed by atoms with Gasteiger partial charge >= 0.3 is 154 Å². The van der Waals surface area contributed by atoms with Crippen molar-refractivity contribution in [3.63, 3.8) is 0 Å². The second kappa shape index (κ2) is 7.75. The molecule has 24 heavy (non-hydrogen) atoms. The fraction of sp³-hybridized carbons (Fsp3) is 0.316. The number of thioether (sulfide) groups is 1. The fourth-order valence-corrected chi connectivity index (χ4v) is 6.77. The Morgan fingerprint density at radius 2 is 1.83 bits per heavy atom. The summed E-state index contributed by atoms with van der Waals surface area (Å²) in [5.74, 6) is -0.175. The second-order valence-electron chi connectivity index (χ2n) is 5.87. The van der Waals surface area contributed by atoms with Gasteiger partial charge in [-0.2, -0.15) is 0 Å². The molecule has 2 unspecified atom stereocenters. The van der Waals surface area contributed by atoms with E-state index in [2.05, 4.69) is 37.4 Å². The number of rotatable bonds is 5. The molecule has 1 aliphatic heterocycles.